The van der Waals surface area contributed by atoms with Crippen LogP contribution < -0.4 is 10.5 Å². The molecule has 21 heavy (non-hydrogen) atoms. The lowest BCUT2D eigenvalue weighted by atomic mass is 10.2. The van der Waals surface area contributed by atoms with Gasteiger partial charge in [-0.2, -0.15) is 0 Å². The summed E-state index contributed by atoms with van der Waals surface area (Å²) < 4.78 is 23.1. The van der Waals surface area contributed by atoms with Gasteiger partial charge >= 0.3 is 0 Å². The molecule has 1 aliphatic rings. The zero-order chi connectivity index (χ0) is 15.6. The number of nitrogens with two attached hydrogens (primary N) is 1. The predicted octanol–water partition coefficient (Wildman–Crippen LogP) is 2.67. The summed E-state index contributed by atoms with van der Waals surface area (Å²) in [5.74, 6) is 0.461. The van der Waals surface area contributed by atoms with Crippen molar-refractivity contribution in [2.45, 2.75) is 30.6 Å². The summed E-state index contributed by atoms with van der Waals surface area (Å²) in [6.07, 6.45) is 4.61. The van der Waals surface area contributed by atoms with Gasteiger partial charge in [0.15, 0.2) is 0 Å². The molecule has 1 aliphatic carbocycles. The van der Waals surface area contributed by atoms with E-state index in [9.17, 15) is 13.2 Å². The quantitative estimate of drug-likeness (QED) is 0.726. The van der Waals surface area contributed by atoms with Gasteiger partial charge in [0.25, 0.3) is 5.91 Å². The molecule has 0 aliphatic heterocycles. The average Bonchev–Trinajstić information content (AvgIpc) is 3.20. The Balaban J connectivity index is 2.07. The van der Waals surface area contributed by atoms with Crippen LogP contribution in [-0.2, 0) is 10.0 Å². The Bertz CT molecular complexity index is 660. The van der Waals surface area contributed by atoms with Crippen LogP contribution in [0.3, 0.4) is 0 Å². The molecule has 116 valence electrons. The fourth-order valence-electron chi connectivity index (χ4n) is 2.00. The van der Waals surface area contributed by atoms with E-state index in [1.807, 2.05) is 0 Å². The Kier molecular flexibility index (Phi) is 5.29. The highest BCUT2D eigenvalue weighted by atomic mass is 79.9. The van der Waals surface area contributed by atoms with E-state index in [0.29, 0.717) is 6.54 Å². The molecule has 1 fully saturated rings. The summed E-state index contributed by atoms with van der Waals surface area (Å²) in [4.78, 5) is 11.8. The first-order chi connectivity index (χ1) is 9.79. The molecule has 0 bridgehead atoms. The van der Waals surface area contributed by atoms with E-state index in [1.165, 1.54) is 25.0 Å². The minimum absolute atomic E-state index is 0.129. The molecule has 0 unspecified atom stereocenters. The van der Waals surface area contributed by atoms with Crippen LogP contribution >= 0.6 is 27.5 Å². The van der Waals surface area contributed by atoms with Crippen molar-refractivity contribution >= 4 is 43.5 Å². The molecular weight excluding hydrogens is 380 g/mol. The van der Waals surface area contributed by atoms with Crippen LogP contribution in [0.4, 0.5) is 0 Å². The normalized spacial score (nSPS) is 15.0. The number of halogens is 2. The fraction of sp³-hybridized carbons (Fsp3) is 0.462. The van der Waals surface area contributed by atoms with Gasteiger partial charge in [0.2, 0.25) is 10.0 Å². The maximum Gasteiger partial charge on any atom is 0.251 e. The highest BCUT2D eigenvalue weighted by Gasteiger charge is 2.21. The molecule has 1 aromatic rings. The summed E-state index contributed by atoms with van der Waals surface area (Å²) in [6, 6.07) is 2.64. The molecule has 0 atom stereocenters. The minimum atomic E-state index is -3.95. The zero-order valence-corrected chi connectivity index (χ0v) is 14.4. The number of benzene rings is 1. The number of sulfonamides is 1. The van der Waals surface area contributed by atoms with Crippen LogP contribution in [0.2, 0.25) is 5.02 Å². The number of rotatable bonds is 6. The van der Waals surface area contributed by atoms with Crippen molar-refractivity contribution in [3.63, 3.8) is 0 Å². The molecule has 2 rings (SSSR count). The Labute approximate surface area is 137 Å². The number of primary sulfonamides is 1. The summed E-state index contributed by atoms with van der Waals surface area (Å²) in [5.41, 5.74) is 0.179. The smallest absolute Gasteiger partial charge is 0.251 e. The van der Waals surface area contributed by atoms with Gasteiger partial charge in [-0.05, 0) is 46.8 Å². The van der Waals surface area contributed by atoms with E-state index in [4.69, 9.17) is 16.7 Å². The monoisotopic (exact) mass is 394 g/mol. The molecule has 1 aromatic carbocycles. The average molecular weight is 396 g/mol. The standard InChI is InChI=1S/C13H16BrClN2O3S/c14-12-10(15)6-9(7-11(12)21(16,19)20)13(18)17-5-1-2-8-3-4-8/h6-8H,1-5H2,(H,17,18)(H2,16,19,20). The summed E-state index contributed by atoms with van der Waals surface area (Å²) in [6.45, 7) is 0.563. The van der Waals surface area contributed by atoms with Crippen molar-refractivity contribution < 1.29 is 13.2 Å². The second-order valence-electron chi connectivity index (χ2n) is 5.16. The van der Waals surface area contributed by atoms with Crippen LogP contribution in [-0.4, -0.2) is 20.9 Å². The SMILES string of the molecule is NS(=O)(=O)c1cc(C(=O)NCCCC2CC2)cc(Cl)c1Br. The maximum absolute atomic E-state index is 12.0. The number of hydrogen-bond acceptors (Lipinski definition) is 3. The number of nitrogens with one attached hydrogen (secondary N) is 1. The van der Waals surface area contributed by atoms with E-state index in [-0.39, 0.29) is 25.9 Å². The molecule has 0 radical (unpaired) electrons. The van der Waals surface area contributed by atoms with Crippen molar-refractivity contribution in [1.82, 2.24) is 5.32 Å². The van der Waals surface area contributed by atoms with Gasteiger partial charge in [0, 0.05) is 12.1 Å². The summed E-state index contributed by atoms with van der Waals surface area (Å²) in [7, 11) is -3.95. The minimum Gasteiger partial charge on any atom is -0.352 e. The van der Waals surface area contributed by atoms with Gasteiger partial charge in [0.05, 0.1) is 14.4 Å². The van der Waals surface area contributed by atoms with Gasteiger partial charge in [-0.25, -0.2) is 13.6 Å². The van der Waals surface area contributed by atoms with Crippen LogP contribution in [0, 0.1) is 5.92 Å². The molecule has 1 saturated carbocycles. The molecule has 0 spiro atoms. The molecule has 1 amide bonds. The van der Waals surface area contributed by atoms with Crippen molar-refractivity contribution in [2.24, 2.45) is 11.1 Å². The second-order valence-corrected chi connectivity index (χ2v) is 7.89. The fourth-order valence-corrected chi connectivity index (χ4v) is 3.84. The molecule has 3 N–H and O–H groups in total. The van der Waals surface area contributed by atoms with Crippen LogP contribution in [0.1, 0.15) is 36.0 Å². The maximum atomic E-state index is 12.0. The molecule has 0 saturated heterocycles. The zero-order valence-electron chi connectivity index (χ0n) is 11.2. The first-order valence-corrected chi connectivity index (χ1v) is 9.31. The predicted molar refractivity (Wildman–Crippen MR) is 84.8 cm³/mol. The highest BCUT2D eigenvalue weighted by molar-refractivity contribution is 9.10. The van der Waals surface area contributed by atoms with Crippen molar-refractivity contribution in [2.75, 3.05) is 6.54 Å². The van der Waals surface area contributed by atoms with Gasteiger partial charge in [-0.15, -0.1) is 0 Å². The second kappa shape index (κ2) is 6.64. The summed E-state index contributed by atoms with van der Waals surface area (Å²) in [5, 5.41) is 8.00. The van der Waals surface area contributed by atoms with Gasteiger partial charge < -0.3 is 5.32 Å². The molecule has 8 heteroatoms. The molecule has 0 aromatic heterocycles. The molecule has 0 heterocycles. The van der Waals surface area contributed by atoms with Crippen LogP contribution in [0.25, 0.3) is 0 Å². The third-order valence-corrected chi connectivity index (χ3v) is 5.91. The Hall–Kier alpha value is -0.630. The number of carbonyl (C=O) groups is 1. The lowest BCUT2D eigenvalue weighted by Gasteiger charge is -2.09. The van der Waals surface area contributed by atoms with Gasteiger partial charge in [0.1, 0.15) is 0 Å². The largest absolute Gasteiger partial charge is 0.352 e. The van der Waals surface area contributed by atoms with Crippen LogP contribution in [0.15, 0.2) is 21.5 Å². The van der Waals surface area contributed by atoms with Crippen molar-refractivity contribution in [3.8, 4) is 0 Å². The van der Waals surface area contributed by atoms with E-state index >= 15 is 0 Å². The van der Waals surface area contributed by atoms with Crippen LogP contribution in [0.5, 0.6) is 0 Å². The number of hydrogen-bond donors (Lipinski definition) is 2. The topological polar surface area (TPSA) is 89.3 Å². The van der Waals surface area contributed by atoms with Gasteiger partial charge in [-0.1, -0.05) is 24.4 Å². The van der Waals surface area contributed by atoms with E-state index in [2.05, 4.69) is 21.2 Å². The molecule has 5 nitrogen and oxygen atoms in total. The van der Waals surface area contributed by atoms with E-state index in [1.54, 1.807) is 0 Å². The van der Waals surface area contributed by atoms with E-state index < -0.39 is 10.0 Å². The Morgan fingerprint density at radius 2 is 2.10 bits per heavy atom. The third kappa shape index (κ3) is 4.67. The lowest BCUT2D eigenvalue weighted by Crippen LogP contribution is -2.25. The van der Waals surface area contributed by atoms with Gasteiger partial charge in [-0.3, -0.25) is 4.79 Å². The van der Waals surface area contributed by atoms with Crippen molar-refractivity contribution in [3.05, 3.63) is 27.2 Å². The third-order valence-electron chi connectivity index (χ3n) is 3.34. The summed E-state index contributed by atoms with van der Waals surface area (Å²) >= 11 is 9.00. The number of amides is 1. The Morgan fingerprint density at radius 1 is 1.43 bits per heavy atom. The number of carbonyl (C=O) groups excluding carboxylic acids is 1. The first-order valence-electron chi connectivity index (χ1n) is 6.59. The highest BCUT2D eigenvalue weighted by Crippen LogP contribution is 2.33. The van der Waals surface area contributed by atoms with E-state index in [0.717, 1.165) is 18.8 Å². The first kappa shape index (κ1) is 16.7. The lowest BCUT2D eigenvalue weighted by molar-refractivity contribution is 0.0952. The van der Waals surface area contributed by atoms with Crippen molar-refractivity contribution in [1.29, 1.82) is 0 Å². The molecular formula is C13H16BrClN2O3S. The Morgan fingerprint density at radius 3 is 2.67 bits per heavy atom.